The summed E-state index contributed by atoms with van der Waals surface area (Å²) in [6.07, 6.45) is 0. The number of carbonyl (C=O) groups is 1. The number of amides is 2. The summed E-state index contributed by atoms with van der Waals surface area (Å²) in [5.41, 5.74) is 3.03. The number of benzene rings is 2. The van der Waals surface area contributed by atoms with Crippen molar-refractivity contribution in [2.75, 3.05) is 11.9 Å². The molecule has 1 N–H and O–H groups in total. The van der Waals surface area contributed by atoms with Gasteiger partial charge in [-0.15, -0.1) is 0 Å². The van der Waals surface area contributed by atoms with E-state index in [0.717, 1.165) is 21.3 Å². The number of rotatable bonds is 4. The molecule has 110 valence electrons. The minimum atomic E-state index is -0.0805. The number of nitrogens with zero attached hydrogens (tertiary/aromatic N) is 1. The Kier molecular flexibility index (Phi) is 5.39. The highest BCUT2D eigenvalue weighted by molar-refractivity contribution is 9.10. The summed E-state index contributed by atoms with van der Waals surface area (Å²) in [6, 6.07) is 15.7. The van der Waals surface area contributed by atoms with E-state index in [1.807, 2.05) is 62.4 Å². The van der Waals surface area contributed by atoms with E-state index in [2.05, 4.69) is 21.2 Å². The second-order valence-corrected chi connectivity index (χ2v) is 5.75. The molecule has 0 aliphatic heterocycles. The number of hydrogen-bond donors (Lipinski definition) is 1. The van der Waals surface area contributed by atoms with Crippen LogP contribution in [0.15, 0.2) is 53.0 Å². The van der Waals surface area contributed by atoms with Gasteiger partial charge in [-0.05, 0) is 43.2 Å². The number of urea groups is 1. The van der Waals surface area contributed by atoms with Crippen LogP contribution in [0.2, 0.25) is 0 Å². The molecule has 0 aromatic heterocycles. The average molecular weight is 347 g/mol. The minimum absolute atomic E-state index is 0.0805. The summed E-state index contributed by atoms with van der Waals surface area (Å²) < 4.78 is 1.04. The van der Waals surface area contributed by atoms with Gasteiger partial charge in [-0.2, -0.15) is 0 Å². The summed E-state index contributed by atoms with van der Waals surface area (Å²) in [7, 11) is 0. The third-order valence-corrected chi connectivity index (χ3v) is 4.18. The quantitative estimate of drug-likeness (QED) is 0.846. The summed E-state index contributed by atoms with van der Waals surface area (Å²) in [4.78, 5) is 14.1. The molecule has 0 aliphatic carbocycles. The van der Waals surface area contributed by atoms with Crippen LogP contribution < -0.4 is 5.32 Å². The van der Waals surface area contributed by atoms with Gasteiger partial charge in [-0.3, -0.25) is 0 Å². The molecule has 0 fully saturated rings. The van der Waals surface area contributed by atoms with Crippen LogP contribution in [0, 0.1) is 6.92 Å². The van der Waals surface area contributed by atoms with Crippen molar-refractivity contribution >= 4 is 27.6 Å². The molecule has 2 amide bonds. The van der Waals surface area contributed by atoms with E-state index in [4.69, 9.17) is 0 Å². The van der Waals surface area contributed by atoms with Crippen LogP contribution in [0.4, 0.5) is 10.5 Å². The Balaban J connectivity index is 2.04. The number of halogens is 1. The maximum absolute atomic E-state index is 12.3. The average Bonchev–Trinajstić information content (AvgIpc) is 2.49. The van der Waals surface area contributed by atoms with Crippen molar-refractivity contribution in [2.45, 2.75) is 20.4 Å². The third-order valence-electron chi connectivity index (χ3n) is 3.29. The molecular weight excluding hydrogens is 328 g/mol. The molecule has 0 bridgehead atoms. The molecule has 0 unspecified atom stereocenters. The summed E-state index contributed by atoms with van der Waals surface area (Å²) >= 11 is 3.46. The van der Waals surface area contributed by atoms with Gasteiger partial charge < -0.3 is 10.2 Å². The molecule has 2 aromatic carbocycles. The molecule has 2 rings (SSSR count). The van der Waals surface area contributed by atoms with E-state index >= 15 is 0 Å². The number of nitrogens with one attached hydrogen (secondary N) is 1. The van der Waals surface area contributed by atoms with Gasteiger partial charge >= 0.3 is 6.03 Å². The first kappa shape index (κ1) is 15.6. The molecule has 3 nitrogen and oxygen atoms in total. The van der Waals surface area contributed by atoms with E-state index in [-0.39, 0.29) is 6.03 Å². The molecule has 0 saturated carbocycles. The first-order valence-electron chi connectivity index (χ1n) is 6.96. The van der Waals surface area contributed by atoms with Crippen molar-refractivity contribution in [3.05, 3.63) is 64.1 Å². The van der Waals surface area contributed by atoms with Crippen LogP contribution in [-0.2, 0) is 6.54 Å². The van der Waals surface area contributed by atoms with E-state index < -0.39 is 0 Å². The van der Waals surface area contributed by atoms with Gasteiger partial charge in [0.05, 0.1) is 0 Å². The highest BCUT2D eigenvalue weighted by Crippen LogP contribution is 2.20. The first-order chi connectivity index (χ1) is 10.1. The zero-order valence-electron chi connectivity index (χ0n) is 12.3. The molecule has 0 heterocycles. The normalized spacial score (nSPS) is 10.2. The fraction of sp³-hybridized carbons (Fsp3) is 0.235. The Morgan fingerprint density at radius 2 is 1.90 bits per heavy atom. The molecule has 0 aliphatic rings. The van der Waals surface area contributed by atoms with Crippen molar-refractivity contribution in [3.8, 4) is 0 Å². The van der Waals surface area contributed by atoms with E-state index in [9.17, 15) is 4.79 Å². The molecule has 21 heavy (non-hydrogen) atoms. The summed E-state index contributed by atoms with van der Waals surface area (Å²) in [5.74, 6) is 0. The lowest BCUT2D eigenvalue weighted by molar-refractivity contribution is 0.212. The highest BCUT2D eigenvalue weighted by Gasteiger charge is 2.12. The molecule has 0 spiro atoms. The fourth-order valence-electron chi connectivity index (χ4n) is 2.06. The minimum Gasteiger partial charge on any atom is -0.320 e. The van der Waals surface area contributed by atoms with Gasteiger partial charge in [0.25, 0.3) is 0 Å². The Morgan fingerprint density at radius 3 is 2.52 bits per heavy atom. The third kappa shape index (κ3) is 4.33. The Hall–Kier alpha value is -1.81. The molecule has 0 saturated heterocycles. The molecule has 2 aromatic rings. The van der Waals surface area contributed by atoms with E-state index in [0.29, 0.717) is 13.1 Å². The smallest absolute Gasteiger partial charge is 0.320 e. The predicted octanol–water partition coefficient (Wildman–Crippen LogP) is 4.81. The van der Waals surface area contributed by atoms with Gasteiger partial charge in [0.1, 0.15) is 0 Å². The number of hydrogen-bond acceptors (Lipinski definition) is 1. The van der Waals surface area contributed by atoms with Gasteiger partial charge in [0.15, 0.2) is 0 Å². The van der Waals surface area contributed by atoms with Crippen LogP contribution in [0.3, 0.4) is 0 Å². The topological polar surface area (TPSA) is 32.3 Å². The number of anilines is 1. The standard InChI is InChI=1S/C17H19BrN2O/c1-3-20(12-14-7-5-4-6-8-14)17(21)19-15-9-10-16(18)13(2)11-15/h4-11H,3,12H2,1-2H3,(H,19,21). The molecule has 0 radical (unpaired) electrons. The van der Waals surface area contributed by atoms with Crippen LogP contribution in [0.1, 0.15) is 18.1 Å². The number of carbonyl (C=O) groups excluding carboxylic acids is 1. The zero-order valence-corrected chi connectivity index (χ0v) is 13.9. The molecule has 0 atom stereocenters. The SMILES string of the molecule is CCN(Cc1ccccc1)C(=O)Nc1ccc(Br)c(C)c1. The van der Waals surface area contributed by atoms with Crippen molar-refractivity contribution < 1.29 is 4.79 Å². The van der Waals surface area contributed by atoms with Crippen molar-refractivity contribution in [1.29, 1.82) is 0 Å². The number of aryl methyl sites for hydroxylation is 1. The maximum atomic E-state index is 12.3. The van der Waals surface area contributed by atoms with Gasteiger partial charge in [-0.1, -0.05) is 46.3 Å². The Morgan fingerprint density at radius 1 is 1.19 bits per heavy atom. The predicted molar refractivity (Wildman–Crippen MR) is 90.4 cm³/mol. The summed E-state index contributed by atoms with van der Waals surface area (Å²) in [5, 5.41) is 2.95. The lowest BCUT2D eigenvalue weighted by Crippen LogP contribution is -2.34. The van der Waals surface area contributed by atoms with Crippen LogP contribution in [0.25, 0.3) is 0 Å². The van der Waals surface area contributed by atoms with Crippen molar-refractivity contribution in [3.63, 3.8) is 0 Å². The highest BCUT2D eigenvalue weighted by atomic mass is 79.9. The van der Waals surface area contributed by atoms with Gasteiger partial charge in [0.2, 0.25) is 0 Å². The zero-order chi connectivity index (χ0) is 15.2. The molecule has 4 heteroatoms. The fourth-order valence-corrected chi connectivity index (χ4v) is 2.30. The monoisotopic (exact) mass is 346 g/mol. The van der Waals surface area contributed by atoms with E-state index in [1.54, 1.807) is 4.90 Å². The van der Waals surface area contributed by atoms with Crippen LogP contribution in [-0.4, -0.2) is 17.5 Å². The molecular formula is C17H19BrN2O. The van der Waals surface area contributed by atoms with Crippen LogP contribution >= 0.6 is 15.9 Å². The van der Waals surface area contributed by atoms with E-state index in [1.165, 1.54) is 0 Å². The van der Waals surface area contributed by atoms with Crippen molar-refractivity contribution in [2.24, 2.45) is 0 Å². The lowest BCUT2D eigenvalue weighted by atomic mass is 10.2. The van der Waals surface area contributed by atoms with Gasteiger partial charge in [-0.25, -0.2) is 4.79 Å². The summed E-state index contributed by atoms with van der Waals surface area (Å²) in [6.45, 7) is 5.26. The van der Waals surface area contributed by atoms with Crippen LogP contribution in [0.5, 0.6) is 0 Å². The Bertz CT molecular complexity index is 613. The first-order valence-corrected chi connectivity index (χ1v) is 7.75. The second-order valence-electron chi connectivity index (χ2n) is 4.89. The lowest BCUT2D eigenvalue weighted by Gasteiger charge is -2.21. The maximum Gasteiger partial charge on any atom is 0.322 e. The van der Waals surface area contributed by atoms with Crippen molar-refractivity contribution in [1.82, 2.24) is 4.90 Å². The van der Waals surface area contributed by atoms with Gasteiger partial charge in [0, 0.05) is 23.2 Å². The Labute approximate surface area is 134 Å². The largest absolute Gasteiger partial charge is 0.322 e. The second kappa shape index (κ2) is 7.27.